The van der Waals surface area contributed by atoms with Crippen LogP contribution in [0.1, 0.15) is 18.1 Å². The molecule has 31 heavy (non-hydrogen) atoms. The van der Waals surface area contributed by atoms with E-state index < -0.39 is 18.1 Å². The molecule has 0 saturated carbocycles. The van der Waals surface area contributed by atoms with Crippen molar-refractivity contribution in [1.82, 2.24) is 10.6 Å². The average Bonchev–Trinajstić information content (AvgIpc) is 3.35. The summed E-state index contributed by atoms with van der Waals surface area (Å²) in [4.78, 5) is 55.4. The third-order valence-electron chi connectivity index (χ3n) is 6.21. The van der Waals surface area contributed by atoms with Crippen LogP contribution in [0.5, 0.6) is 0 Å². The lowest BCUT2D eigenvalue weighted by Crippen LogP contribution is -2.59. The molecule has 2 aromatic carbocycles. The standard InChI is InChI=1S/C23H22N4O4/c1-13-23(31)27-17-9-5-3-7-15(17)10-18(27)21(29)24-12-20(28)26-16-8-4-2-6-14(16)11-19(26)22(30)25-13/h2-9,13,18-19H,10-12H2,1H3,(H,24,29)(H,25,30). The van der Waals surface area contributed by atoms with Crippen molar-refractivity contribution in [3.63, 3.8) is 0 Å². The first kappa shape index (κ1) is 19.3. The van der Waals surface area contributed by atoms with E-state index in [-0.39, 0.29) is 30.2 Å². The van der Waals surface area contributed by atoms with Crippen LogP contribution in [0.15, 0.2) is 48.5 Å². The third-order valence-corrected chi connectivity index (χ3v) is 6.21. The number of para-hydroxylation sites is 2. The zero-order chi connectivity index (χ0) is 21.7. The van der Waals surface area contributed by atoms with Crippen molar-refractivity contribution in [2.24, 2.45) is 0 Å². The fourth-order valence-electron chi connectivity index (χ4n) is 4.72. The molecule has 5 rings (SSSR count). The second kappa shape index (κ2) is 7.23. The van der Waals surface area contributed by atoms with Crippen LogP contribution in [-0.4, -0.2) is 48.3 Å². The van der Waals surface area contributed by atoms with Crippen molar-refractivity contribution in [3.8, 4) is 0 Å². The van der Waals surface area contributed by atoms with Crippen molar-refractivity contribution < 1.29 is 19.2 Å². The summed E-state index contributed by atoms with van der Waals surface area (Å²) in [5.41, 5.74) is 3.08. The molecule has 3 aliphatic rings. The highest BCUT2D eigenvalue weighted by molar-refractivity contribution is 6.10. The minimum atomic E-state index is -0.853. The second-order valence-corrected chi connectivity index (χ2v) is 8.12. The zero-order valence-electron chi connectivity index (χ0n) is 17.0. The summed E-state index contributed by atoms with van der Waals surface area (Å²) in [6.07, 6.45) is 0.718. The summed E-state index contributed by atoms with van der Waals surface area (Å²) >= 11 is 0. The first-order valence-corrected chi connectivity index (χ1v) is 10.3. The minimum Gasteiger partial charge on any atom is -0.345 e. The molecule has 1 fully saturated rings. The summed E-state index contributed by atoms with van der Waals surface area (Å²) in [5.74, 6) is -1.49. The Labute approximate surface area is 179 Å². The number of hydrogen-bond acceptors (Lipinski definition) is 4. The van der Waals surface area contributed by atoms with Crippen LogP contribution >= 0.6 is 0 Å². The number of rotatable bonds is 0. The van der Waals surface area contributed by atoms with E-state index in [4.69, 9.17) is 0 Å². The molecule has 0 radical (unpaired) electrons. The third kappa shape index (κ3) is 3.06. The predicted octanol–water partition coefficient (Wildman–Crippen LogP) is 0.537. The summed E-state index contributed by atoms with van der Waals surface area (Å²) in [5, 5.41) is 5.47. The number of fused-ring (bicyclic) bond motifs is 6. The lowest BCUT2D eigenvalue weighted by atomic mass is 10.1. The zero-order valence-corrected chi connectivity index (χ0v) is 17.0. The summed E-state index contributed by atoms with van der Waals surface area (Å²) < 4.78 is 0. The lowest BCUT2D eigenvalue weighted by Gasteiger charge is -2.31. The highest BCUT2D eigenvalue weighted by atomic mass is 16.2. The Morgan fingerprint density at radius 2 is 1.32 bits per heavy atom. The Bertz CT molecular complexity index is 1110. The number of nitrogens with one attached hydrogen (secondary N) is 2. The maximum atomic E-state index is 13.3. The van der Waals surface area contributed by atoms with Crippen LogP contribution in [0.4, 0.5) is 11.4 Å². The Hall–Kier alpha value is -3.68. The fourth-order valence-corrected chi connectivity index (χ4v) is 4.72. The number of carbonyl (C=O) groups excluding carboxylic acids is 4. The molecule has 4 amide bonds. The van der Waals surface area contributed by atoms with Crippen molar-refractivity contribution in [2.45, 2.75) is 37.9 Å². The maximum Gasteiger partial charge on any atom is 0.250 e. The van der Waals surface area contributed by atoms with E-state index in [0.717, 1.165) is 11.1 Å². The number of hydrogen-bond donors (Lipinski definition) is 2. The van der Waals surface area contributed by atoms with Gasteiger partial charge in [0.2, 0.25) is 23.6 Å². The molecule has 1 saturated heterocycles. The Kier molecular flexibility index (Phi) is 4.50. The van der Waals surface area contributed by atoms with E-state index in [1.165, 1.54) is 9.80 Å². The van der Waals surface area contributed by atoms with Gasteiger partial charge < -0.3 is 10.6 Å². The van der Waals surface area contributed by atoms with Crippen molar-refractivity contribution >= 4 is 35.0 Å². The Balaban J connectivity index is 1.52. The Morgan fingerprint density at radius 1 is 0.774 bits per heavy atom. The van der Waals surface area contributed by atoms with Crippen LogP contribution in [0.2, 0.25) is 0 Å². The number of anilines is 2. The molecule has 8 heteroatoms. The van der Waals surface area contributed by atoms with Gasteiger partial charge in [-0.25, -0.2) is 0 Å². The molecule has 3 heterocycles. The fraction of sp³-hybridized carbons (Fsp3) is 0.304. The number of amides is 4. The summed E-state index contributed by atoms with van der Waals surface area (Å²) in [7, 11) is 0. The van der Waals surface area contributed by atoms with Crippen LogP contribution < -0.4 is 20.4 Å². The van der Waals surface area contributed by atoms with E-state index in [1.54, 1.807) is 25.1 Å². The van der Waals surface area contributed by atoms with Gasteiger partial charge in [0.05, 0.1) is 6.54 Å². The molecule has 3 atom stereocenters. The monoisotopic (exact) mass is 418 g/mol. The van der Waals surface area contributed by atoms with Crippen LogP contribution in [-0.2, 0) is 32.0 Å². The normalized spacial score (nSPS) is 25.5. The second-order valence-electron chi connectivity index (χ2n) is 8.12. The molecule has 0 bridgehead atoms. The first-order valence-electron chi connectivity index (χ1n) is 10.3. The molecule has 3 unspecified atom stereocenters. The van der Waals surface area contributed by atoms with E-state index >= 15 is 0 Å². The highest BCUT2D eigenvalue weighted by Crippen LogP contribution is 2.34. The molecule has 0 aromatic heterocycles. The average molecular weight is 418 g/mol. The van der Waals surface area contributed by atoms with Crippen molar-refractivity contribution in [3.05, 3.63) is 59.7 Å². The first-order chi connectivity index (χ1) is 15.0. The van der Waals surface area contributed by atoms with Crippen LogP contribution in [0.25, 0.3) is 0 Å². The van der Waals surface area contributed by atoms with Gasteiger partial charge in [-0.05, 0) is 30.2 Å². The van der Waals surface area contributed by atoms with Crippen LogP contribution in [0, 0.1) is 0 Å². The van der Waals surface area contributed by atoms with Gasteiger partial charge in [0.15, 0.2) is 0 Å². The van der Waals surface area contributed by atoms with E-state index in [0.29, 0.717) is 24.2 Å². The Morgan fingerprint density at radius 3 is 1.97 bits per heavy atom. The molecule has 0 aliphatic carbocycles. The van der Waals surface area contributed by atoms with Gasteiger partial charge in [0.1, 0.15) is 18.1 Å². The molecular formula is C23H22N4O4. The molecule has 2 aromatic rings. The highest BCUT2D eigenvalue weighted by Gasteiger charge is 2.43. The topological polar surface area (TPSA) is 98.8 Å². The van der Waals surface area contributed by atoms with E-state index in [9.17, 15) is 19.2 Å². The van der Waals surface area contributed by atoms with Gasteiger partial charge in [-0.2, -0.15) is 0 Å². The largest absolute Gasteiger partial charge is 0.345 e. The summed E-state index contributed by atoms with van der Waals surface area (Å²) in [6.45, 7) is 1.36. The molecular weight excluding hydrogens is 396 g/mol. The minimum absolute atomic E-state index is 0.249. The van der Waals surface area contributed by atoms with Gasteiger partial charge in [0, 0.05) is 24.2 Å². The smallest absolute Gasteiger partial charge is 0.250 e. The predicted molar refractivity (Wildman–Crippen MR) is 113 cm³/mol. The van der Waals surface area contributed by atoms with Gasteiger partial charge in [-0.1, -0.05) is 36.4 Å². The van der Waals surface area contributed by atoms with E-state index in [1.807, 2.05) is 30.3 Å². The van der Waals surface area contributed by atoms with Crippen molar-refractivity contribution in [1.29, 1.82) is 0 Å². The molecule has 158 valence electrons. The van der Waals surface area contributed by atoms with Gasteiger partial charge in [0.25, 0.3) is 0 Å². The molecule has 0 spiro atoms. The SMILES string of the molecule is CC1NC(=O)C2Cc3ccccc3N2C(=O)CNC(=O)C2Cc3ccccc3N2C1=O. The number of benzene rings is 2. The van der Waals surface area contributed by atoms with Gasteiger partial charge in [-0.3, -0.25) is 29.0 Å². The van der Waals surface area contributed by atoms with Crippen molar-refractivity contribution in [2.75, 3.05) is 16.3 Å². The summed E-state index contributed by atoms with van der Waals surface area (Å²) in [6, 6.07) is 12.3. The van der Waals surface area contributed by atoms with Gasteiger partial charge >= 0.3 is 0 Å². The molecule has 8 nitrogen and oxygen atoms in total. The molecule has 2 N–H and O–H groups in total. The lowest BCUT2D eigenvalue weighted by molar-refractivity contribution is -0.131. The maximum absolute atomic E-state index is 13.3. The van der Waals surface area contributed by atoms with E-state index in [2.05, 4.69) is 10.6 Å². The number of nitrogens with zero attached hydrogens (tertiary/aromatic N) is 2. The van der Waals surface area contributed by atoms with Crippen LogP contribution in [0.3, 0.4) is 0 Å². The van der Waals surface area contributed by atoms with Gasteiger partial charge in [-0.15, -0.1) is 0 Å². The quantitative estimate of drug-likeness (QED) is 0.652. The molecule has 3 aliphatic heterocycles. The number of carbonyl (C=O) groups is 4.